The topological polar surface area (TPSA) is 60.0 Å². The van der Waals surface area contributed by atoms with E-state index in [0.29, 0.717) is 36.8 Å². The molecule has 26 heavy (non-hydrogen) atoms. The van der Waals surface area contributed by atoms with Crippen molar-refractivity contribution in [1.82, 2.24) is 10.2 Å². The van der Waals surface area contributed by atoms with Crippen molar-refractivity contribution in [3.63, 3.8) is 0 Å². The Morgan fingerprint density at radius 1 is 0.923 bits per heavy atom. The van der Waals surface area contributed by atoms with Crippen molar-refractivity contribution in [3.05, 3.63) is 48.0 Å². The Hall–Kier alpha value is -2.73. The van der Waals surface area contributed by atoms with Crippen LogP contribution in [0.2, 0.25) is 0 Å². The summed E-state index contributed by atoms with van der Waals surface area (Å²) in [5, 5.41) is 3.27. The summed E-state index contributed by atoms with van der Waals surface area (Å²) >= 11 is 0. The van der Waals surface area contributed by atoms with Gasteiger partial charge in [0, 0.05) is 51.8 Å². The third-order valence-corrected chi connectivity index (χ3v) is 3.83. The van der Waals surface area contributed by atoms with Gasteiger partial charge in [-0.3, -0.25) is 4.79 Å². The first-order valence-electron chi connectivity index (χ1n) is 8.42. The second-order valence-corrected chi connectivity index (χ2v) is 6.01. The lowest BCUT2D eigenvalue weighted by molar-refractivity contribution is -0.128. The molecule has 0 saturated carbocycles. The van der Waals surface area contributed by atoms with Crippen molar-refractivity contribution in [2.45, 2.75) is 13.0 Å². The highest BCUT2D eigenvalue weighted by atomic mass is 16.5. The molecule has 0 bridgehead atoms. The molecule has 0 aliphatic rings. The van der Waals surface area contributed by atoms with Gasteiger partial charge in [0.1, 0.15) is 23.0 Å². The average Bonchev–Trinajstić information content (AvgIpc) is 2.65. The average molecular weight is 358 g/mol. The van der Waals surface area contributed by atoms with Crippen LogP contribution in [0.15, 0.2) is 42.5 Å². The molecule has 140 valence electrons. The van der Waals surface area contributed by atoms with Gasteiger partial charge in [0.15, 0.2) is 0 Å². The van der Waals surface area contributed by atoms with E-state index in [1.54, 1.807) is 51.4 Å². The first kappa shape index (κ1) is 19.6. The fourth-order valence-corrected chi connectivity index (χ4v) is 2.30. The zero-order valence-electron chi connectivity index (χ0n) is 15.7. The molecule has 1 amide bonds. The second-order valence-electron chi connectivity index (χ2n) is 6.01. The van der Waals surface area contributed by atoms with Gasteiger partial charge in [-0.1, -0.05) is 12.1 Å². The van der Waals surface area contributed by atoms with E-state index in [0.717, 1.165) is 11.3 Å². The number of nitrogens with one attached hydrogen (secondary N) is 1. The first-order chi connectivity index (χ1) is 12.5. The van der Waals surface area contributed by atoms with E-state index >= 15 is 0 Å². The predicted molar refractivity (Wildman–Crippen MR) is 101 cm³/mol. The number of benzene rings is 2. The summed E-state index contributed by atoms with van der Waals surface area (Å²) in [6.07, 6.45) is 0.492. The van der Waals surface area contributed by atoms with Crippen LogP contribution >= 0.6 is 0 Å². The zero-order valence-corrected chi connectivity index (χ0v) is 15.7. The molecule has 0 fully saturated rings. The lowest BCUT2D eigenvalue weighted by Crippen LogP contribution is -2.26. The molecular formula is C20H26N2O4. The molecule has 0 radical (unpaired) electrons. The standard InChI is InChI=1S/C20H26N2O4/c1-22(2)20(23)9-10-21-14-15-5-7-16(8-6-15)26-19-12-17(24-3)11-18(13-19)25-4/h5-8,11-13,21H,9-10,14H2,1-4H3. The maximum Gasteiger partial charge on any atom is 0.223 e. The summed E-state index contributed by atoms with van der Waals surface area (Å²) in [5.74, 6) is 2.84. The molecule has 0 aromatic heterocycles. The molecule has 0 saturated heterocycles. The van der Waals surface area contributed by atoms with E-state index in [1.807, 2.05) is 24.3 Å². The molecule has 2 aromatic carbocycles. The highest BCUT2D eigenvalue weighted by Crippen LogP contribution is 2.30. The first-order valence-corrected chi connectivity index (χ1v) is 8.42. The highest BCUT2D eigenvalue weighted by Gasteiger charge is 2.05. The maximum atomic E-state index is 11.5. The third-order valence-electron chi connectivity index (χ3n) is 3.83. The number of methoxy groups -OCH3 is 2. The minimum absolute atomic E-state index is 0.120. The number of rotatable bonds is 9. The summed E-state index contributed by atoms with van der Waals surface area (Å²) in [6, 6.07) is 13.2. The molecule has 0 unspecified atom stereocenters. The molecule has 0 atom stereocenters. The summed E-state index contributed by atoms with van der Waals surface area (Å²) < 4.78 is 16.4. The smallest absolute Gasteiger partial charge is 0.223 e. The Kier molecular flexibility index (Phi) is 7.29. The molecule has 0 aliphatic heterocycles. The van der Waals surface area contributed by atoms with E-state index in [9.17, 15) is 4.79 Å². The number of carbonyl (C=O) groups excluding carboxylic acids is 1. The number of nitrogens with zero attached hydrogens (tertiary/aromatic N) is 1. The lowest BCUT2D eigenvalue weighted by atomic mass is 10.2. The Labute approximate surface area is 154 Å². The third kappa shape index (κ3) is 5.97. The van der Waals surface area contributed by atoms with Gasteiger partial charge in [-0.05, 0) is 17.7 Å². The number of carbonyl (C=O) groups is 1. The number of ether oxygens (including phenoxy) is 3. The van der Waals surface area contributed by atoms with Gasteiger partial charge in [-0.15, -0.1) is 0 Å². The van der Waals surface area contributed by atoms with Crippen LogP contribution in [0.4, 0.5) is 0 Å². The molecule has 0 aliphatic carbocycles. The normalized spacial score (nSPS) is 10.3. The predicted octanol–water partition coefficient (Wildman–Crippen LogP) is 3.06. The van der Waals surface area contributed by atoms with Gasteiger partial charge in [0.25, 0.3) is 0 Å². The monoisotopic (exact) mass is 358 g/mol. The van der Waals surface area contributed by atoms with Crippen LogP contribution in [-0.4, -0.2) is 45.7 Å². The van der Waals surface area contributed by atoms with Gasteiger partial charge < -0.3 is 24.4 Å². The Morgan fingerprint density at radius 3 is 2.04 bits per heavy atom. The summed E-state index contributed by atoms with van der Waals surface area (Å²) in [5.41, 5.74) is 1.12. The van der Waals surface area contributed by atoms with Crippen LogP contribution in [0.25, 0.3) is 0 Å². The van der Waals surface area contributed by atoms with Gasteiger partial charge in [0.05, 0.1) is 14.2 Å². The van der Waals surface area contributed by atoms with Crippen molar-refractivity contribution in [2.24, 2.45) is 0 Å². The van der Waals surface area contributed by atoms with E-state index in [2.05, 4.69) is 5.32 Å². The van der Waals surface area contributed by atoms with Crippen molar-refractivity contribution in [3.8, 4) is 23.0 Å². The van der Waals surface area contributed by atoms with E-state index < -0.39 is 0 Å². The molecule has 2 aromatic rings. The van der Waals surface area contributed by atoms with Crippen molar-refractivity contribution in [1.29, 1.82) is 0 Å². The largest absolute Gasteiger partial charge is 0.496 e. The Morgan fingerprint density at radius 2 is 1.50 bits per heavy atom. The van der Waals surface area contributed by atoms with Crippen LogP contribution in [0.1, 0.15) is 12.0 Å². The molecule has 6 heteroatoms. The molecule has 2 rings (SSSR count). The summed E-state index contributed by atoms with van der Waals surface area (Å²) in [6.45, 7) is 1.35. The summed E-state index contributed by atoms with van der Waals surface area (Å²) in [7, 11) is 6.73. The van der Waals surface area contributed by atoms with E-state index in [-0.39, 0.29) is 5.91 Å². The molecule has 0 heterocycles. The Bertz CT molecular complexity index is 692. The van der Waals surface area contributed by atoms with Crippen molar-refractivity contribution in [2.75, 3.05) is 34.9 Å². The van der Waals surface area contributed by atoms with Gasteiger partial charge in [0.2, 0.25) is 5.91 Å². The van der Waals surface area contributed by atoms with Crippen LogP contribution in [0, 0.1) is 0 Å². The number of amides is 1. The fraction of sp³-hybridized carbons (Fsp3) is 0.350. The van der Waals surface area contributed by atoms with Crippen LogP contribution in [0.5, 0.6) is 23.0 Å². The summed E-state index contributed by atoms with van der Waals surface area (Å²) in [4.78, 5) is 13.1. The Balaban J connectivity index is 1.88. The highest BCUT2D eigenvalue weighted by molar-refractivity contribution is 5.75. The molecule has 6 nitrogen and oxygen atoms in total. The fourth-order valence-electron chi connectivity index (χ4n) is 2.30. The van der Waals surface area contributed by atoms with E-state index in [4.69, 9.17) is 14.2 Å². The van der Waals surface area contributed by atoms with Crippen molar-refractivity contribution >= 4 is 5.91 Å². The number of hydrogen-bond donors (Lipinski definition) is 1. The van der Waals surface area contributed by atoms with Crippen LogP contribution in [-0.2, 0) is 11.3 Å². The maximum absolute atomic E-state index is 11.5. The van der Waals surface area contributed by atoms with E-state index in [1.165, 1.54) is 0 Å². The van der Waals surface area contributed by atoms with Gasteiger partial charge in [-0.2, -0.15) is 0 Å². The minimum Gasteiger partial charge on any atom is -0.496 e. The van der Waals surface area contributed by atoms with Crippen molar-refractivity contribution < 1.29 is 19.0 Å². The van der Waals surface area contributed by atoms with Gasteiger partial charge in [-0.25, -0.2) is 0 Å². The quantitative estimate of drug-likeness (QED) is 0.698. The van der Waals surface area contributed by atoms with Crippen LogP contribution < -0.4 is 19.5 Å². The number of hydrogen-bond acceptors (Lipinski definition) is 5. The SMILES string of the molecule is COc1cc(OC)cc(Oc2ccc(CNCCC(=O)N(C)C)cc2)c1. The minimum atomic E-state index is 0.120. The molecule has 1 N–H and O–H groups in total. The molecule has 0 spiro atoms. The van der Waals surface area contributed by atoms with Crippen LogP contribution in [0.3, 0.4) is 0 Å². The molecular weight excluding hydrogens is 332 g/mol. The lowest BCUT2D eigenvalue weighted by Gasteiger charge is -2.11. The second kappa shape index (κ2) is 9.68. The van der Waals surface area contributed by atoms with Gasteiger partial charge >= 0.3 is 0 Å². The zero-order chi connectivity index (χ0) is 18.9.